The molecule has 1 heteroatoms. The normalized spacial score (nSPS) is 45.8. The molecule has 2 aliphatic rings. The van der Waals surface area contributed by atoms with Crippen molar-refractivity contribution in [2.45, 2.75) is 51.6 Å². The summed E-state index contributed by atoms with van der Waals surface area (Å²) in [7, 11) is 0. The lowest BCUT2D eigenvalue weighted by atomic mass is 9.97. The SMILES string of the molecule is C[C@@H]1C[C@H]2CCC[C@H](C)N2C1. The van der Waals surface area contributed by atoms with E-state index in [-0.39, 0.29) is 0 Å². The average Bonchev–Trinajstić information content (AvgIpc) is 2.31. The molecule has 0 N–H and O–H groups in total. The molecule has 0 aromatic carbocycles. The van der Waals surface area contributed by atoms with Gasteiger partial charge in [-0.2, -0.15) is 0 Å². The van der Waals surface area contributed by atoms with Crippen LogP contribution in [0.2, 0.25) is 0 Å². The van der Waals surface area contributed by atoms with Gasteiger partial charge in [-0.3, -0.25) is 4.90 Å². The fourth-order valence-electron chi connectivity index (χ4n) is 2.82. The van der Waals surface area contributed by atoms with Crippen LogP contribution >= 0.6 is 0 Å². The molecule has 2 saturated heterocycles. The average molecular weight is 153 g/mol. The van der Waals surface area contributed by atoms with Gasteiger partial charge < -0.3 is 0 Å². The summed E-state index contributed by atoms with van der Waals surface area (Å²) >= 11 is 0. The molecule has 11 heavy (non-hydrogen) atoms. The van der Waals surface area contributed by atoms with Gasteiger partial charge in [0.1, 0.15) is 0 Å². The lowest BCUT2D eigenvalue weighted by Gasteiger charge is -2.35. The number of nitrogens with zero attached hydrogens (tertiary/aromatic N) is 1. The van der Waals surface area contributed by atoms with Crippen molar-refractivity contribution in [2.24, 2.45) is 5.92 Å². The molecule has 0 spiro atoms. The Hall–Kier alpha value is -0.0400. The Morgan fingerprint density at radius 3 is 2.73 bits per heavy atom. The second-order valence-corrected chi connectivity index (χ2v) is 4.47. The molecule has 2 heterocycles. The number of rotatable bonds is 0. The minimum Gasteiger partial charge on any atom is -0.297 e. The van der Waals surface area contributed by atoms with Crippen molar-refractivity contribution in [3.8, 4) is 0 Å². The van der Waals surface area contributed by atoms with Crippen molar-refractivity contribution in [2.75, 3.05) is 6.54 Å². The molecule has 64 valence electrons. The number of hydrogen-bond donors (Lipinski definition) is 0. The summed E-state index contributed by atoms with van der Waals surface area (Å²) in [5.74, 6) is 0.959. The van der Waals surface area contributed by atoms with Crippen LogP contribution in [0.3, 0.4) is 0 Å². The maximum Gasteiger partial charge on any atom is 0.0101 e. The van der Waals surface area contributed by atoms with E-state index in [0.29, 0.717) is 0 Å². The van der Waals surface area contributed by atoms with Crippen LogP contribution in [0.4, 0.5) is 0 Å². The minimum absolute atomic E-state index is 0.874. The number of hydrogen-bond acceptors (Lipinski definition) is 1. The molecule has 0 bridgehead atoms. The molecule has 1 nitrogen and oxygen atoms in total. The molecule has 2 aliphatic heterocycles. The van der Waals surface area contributed by atoms with E-state index in [1.54, 1.807) is 0 Å². The largest absolute Gasteiger partial charge is 0.297 e. The van der Waals surface area contributed by atoms with Crippen molar-refractivity contribution in [1.29, 1.82) is 0 Å². The maximum absolute atomic E-state index is 2.73. The molecule has 2 fully saturated rings. The first-order valence-corrected chi connectivity index (χ1v) is 5.03. The summed E-state index contributed by atoms with van der Waals surface area (Å²) < 4.78 is 0. The fraction of sp³-hybridized carbons (Fsp3) is 1.00. The van der Waals surface area contributed by atoms with E-state index in [1.165, 1.54) is 32.2 Å². The van der Waals surface area contributed by atoms with E-state index in [0.717, 1.165) is 18.0 Å². The zero-order valence-electron chi connectivity index (χ0n) is 7.71. The third-order valence-electron chi connectivity index (χ3n) is 3.39. The molecule has 0 amide bonds. The summed E-state index contributed by atoms with van der Waals surface area (Å²) in [4.78, 5) is 2.73. The monoisotopic (exact) mass is 153 g/mol. The smallest absolute Gasteiger partial charge is 0.0101 e. The summed E-state index contributed by atoms with van der Waals surface area (Å²) in [5, 5.41) is 0. The molecule has 0 radical (unpaired) electrons. The van der Waals surface area contributed by atoms with Gasteiger partial charge in [-0.1, -0.05) is 13.3 Å². The van der Waals surface area contributed by atoms with E-state index >= 15 is 0 Å². The molecule has 3 atom stereocenters. The highest BCUT2D eigenvalue weighted by molar-refractivity contribution is 4.89. The van der Waals surface area contributed by atoms with E-state index in [2.05, 4.69) is 18.7 Å². The van der Waals surface area contributed by atoms with Crippen LogP contribution in [0.15, 0.2) is 0 Å². The van der Waals surface area contributed by atoms with Crippen LogP contribution in [0.25, 0.3) is 0 Å². The van der Waals surface area contributed by atoms with Gasteiger partial charge in [-0.25, -0.2) is 0 Å². The van der Waals surface area contributed by atoms with Crippen molar-refractivity contribution < 1.29 is 0 Å². The van der Waals surface area contributed by atoms with Crippen molar-refractivity contribution in [3.05, 3.63) is 0 Å². The van der Waals surface area contributed by atoms with Gasteiger partial charge in [0.15, 0.2) is 0 Å². The van der Waals surface area contributed by atoms with E-state index in [9.17, 15) is 0 Å². The lowest BCUT2D eigenvalue weighted by Crippen LogP contribution is -2.40. The van der Waals surface area contributed by atoms with Crippen LogP contribution < -0.4 is 0 Å². The van der Waals surface area contributed by atoms with Crippen molar-refractivity contribution >= 4 is 0 Å². The van der Waals surface area contributed by atoms with Gasteiger partial charge in [0.25, 0.3) is 0 Å². The van der Waals surface area contributed by atoms with Crippen LogP contribution in [0, 0.1) is 5.92 Å². The standard InChI is InChI=1S/C10H19N/c1-8-6-10-5-3-4-9(2)11(10)7-8/h8-10H,3-7H2,1-2H3/t8-,9+,10-/m1/s1. The Morgan fingerprint density at radius 2 is 2.00 bits per heavy atom. The highest BCUT2D eigenvalue weighted by atomic mass is 15.2. The van der Waals surface area contributed by atoms with Crippen LogP contribution in [0.5, 0.6) is 0 Å². The third kappa shape index (κ3) is 1.31. The highest BCUT2D eigenvalue weighted by Crippen LogP contribution is 2.33. The first kappa shape index (κ1) is 7.60. The van der Waals surface area contributed by atoms with E-state index in [4.69, 9.17) is 0 Å². The fourth-order valence-corrected chi connectivity index (χ4v) is 2.82. The van der Waals surface area contributed by atoms with Gasteiger partial charge in [0.2, 0.25) is 0 Å². The zero-order valence-corrected chi connectivity index (χ0v) is 7.71. The molecule has 0 aromatic rings. The topological polar surface area (TPSA) is 3.24 Å². The van der Waals surface area contributed by atoms with Gasteiger partial charge in [0, 0.05) is 18.6 Å². The number of fused-ring (bicyclic) bond motifs is 1. The minimum atomic E-state index is 0.874. The van der Waals surface area contributed by atoms with Gasteiger partial charge in [0.05, 0.1) is 0 Å². The van der Waals surface area contributed by atoms with E-state index in [1.807, 2.05) is 0 Å². The first-order valence-electron chi connectivity index (χ1n) is 5.03. The molecular formula is C10H19N. The summed E-state index contributed by atoms with van der Waals surface area (Å²) in [6, 6.07) is 1.83. The molecule has 2 rings (SSSR count). The Kier molecular flexibility index (Phi) is 1.92. The van der Waals surface area contributed by atoms with Gasteiger partial charge >= 0.3 is 0 Å². The van der Waals surface area contributed by atoms with Crippen LogP contribution in [-0.2, 0) is 0 Å². The molecule has 0 unspecified atom stereocenters. The lowest BCUT2D eigenvalue weighted by molar-refractivity contribution is 0.133. The van der Waals surface area contributed by atoms with Crippen molar-refractivity contribution in [3.63, 3.8) is 0 Å². The second kappa shape index (κ2) is 2.78. The second-order valence-electron chi connectivity index (χ2n) is 4.47. The molecule has 0 saturated carbocycles. The predicted octanol–water partition coefficient (Wildman–Crippen LogP) is 2.27. The summed E-state index contributed by atoms with van der Waals surface area (Å²) in [6.07, 6.45) is 5.83. The van der Waals surface area contributed by atoms with Crippen LogP contribution in [-0.4, -0.2) is 23.5 Å². The number of piperidine rings is 1. The zero-order chi connectivity index (χ0) is 7.84. The quantitative estimate of drug-likeness (QED) is 0.516. The molecular weight excluding hydrogens is 134 g/mol. The molecule has 0 aliphatic carbocycles. The Balaban J connectivity index is 2.03. The highest BCUT2D eigenvalue weighted by Gasteiger charge is 2.34. The van der Waals surface area contributed by atoms with E-state index < -0.39 is 0 Å². The van der Waals surface area contributed by atoms with Crippen LogP contribution in [0.1, 0.15) is 39.5 Å². The third-order valence-corrected chi connectivity index (χ3v) is 3.39. The first-order chi connectivity index (χ1) is 5.27. The maximum atomic E-state index is 2.73. The van der Waals surface area contributed by atoms with Gasteiger partial charge in [-0.05, 0) is 32.1 Å². The Labute approximate surface area is 69.8 Å². The predicted molar refractivity (Wildman–Crippen MR) is 47.6 cm³/mol. The summed E-state index contributed by atoms with van der Waals surface area (Å²) in [5.41, 5.74) is 0. The Bertz CT molecular complexity index is 144. The summed E-state index contributed by atoms with van der Waals surface area (Å²) in [6.45, 7) is 6.15. The molecule has 0 aromatic heterocycles. The van der Waals surface area contributed by atoms with Crippen molar-refractivity contribution in [1.82, 2.24) is 4.90 Å². The van der Waals surface area contributed by atoms with Gasteiger partial charge in [-0.15, -0.1) is 0 Å². The Morgan fingerprint density at radius 1 is 1.18 bits per heavy atom.